The quantitative estimate of drug-likeness (QED) is 0.829. The lowest BCUT2D eigenvalue weighted by Crippen LogP contribution is -2.27. The van der Waals surface area contributed by atoms with Gasteiger partial charge < -0.3 is 11.1 Å². The topological polar surface area (TPSA) is 68.0 Å². The summed E-state index contributed by atoms with van der Waals surface area (Å²) >= 11 is 3.11. The zero-order chi connectivity index (χ0) is 15.4. The van der Waals surface area contributed by atoms with E-state index in [1.54, 1.807) is 17.1 Å². The second kappa shape index (κ2) is 7.06. The number of thiazole rings is 1. The highest BCUT2D eigenvalue weighted by atomic mass is 32.2. The van der Waals surface area contributed by atoms with Crippen molar-refractivity contribution in [2.45, 2.75) is 30.8 Å². The molecule has 6 heteroatoms. The standard InChI is InChI=1S/C15H19N3OS2/c1-9(16)15-18-13(8-21-15)14(19)17-10(2)11-4-6-12(20-3)7-5-11/h4-10H,16H2,1-3H3,(H,17,19). The molecule has 1 aromatic carbocycles. The lowest BCUT2D eigenvalue weighted by molar-refractivity contribution is 0.0935. The molecular weight excluding hydrogens is 302 g/mol. The van der Waals surface area contributed by atoms with E-state index in [4.69, 9.17) is 5.73 Å². The van der Waals surface area contributed by atoms with E-state index in [1.807, 2.05) is 32.2 Å². The Morgan fingerprint density at radius 1 is 1.33 bits per heavy atom. The fraction of sp³-hybridized carbons (Fsp3) is 0.333. The largest absolute Gasteiger partial charge is 0.344 e. The summed E-state index contributed by atoms with van der Waals surface area (Å²) in [6, 6.07) is 7.97. The van der Waals surface area contributed by atoms with Crippen molar-refractivity contribution in [1.82, 2.24) is 10.3 Å². The molecule has 1 heterocycles. The van der Waals surface area contributed by atoms with E-state index >= 15 is 0 Å². The summed E-state index contributed by atoms with van der Waals surface area (Å²) in [6.45, 7) is 3.82. The van der Waals surface area contributed by atoms with Crippen molar-refractivity contribution in [2.75, 3.05) is 6.26 Å². The predicted molar refractivity (Wildman–Crippen MR) is 88.8 cm³/mol. The SMILES string of the molecule is CSc1ccc(C(C)NC(=O)c2csc(C(C)N)n2)cc1. The molecule has 0 aliphatic heterocycles. The first-order valence-electron chi connectivity index (χ1n) is 6.67. The van der Waals surface area contributed by atoms with E-state index in [-0.39, 0.29) is 18.0 Å². The Morgan fingerprint density at radius 3 is 2.52 bits per heavy atom. The van der Waals surface area contributed by atoms with E-state index in [9.17, 15) is 4.79 Å². The monoisotopic (exact) mass is 321 g/mol. The van der Waals surface area contributed by atoms with Gasteiger partial charge in [-0.15, -0.1) is 23.1 Å². The van der Waals surface area contributed by atoms with Crippen LogP contribution in [0.4, 0.5) is 0 Å². The van der Waals surface area contributed by atoms with Crippen LogP contribution in [0.3, 0.4) is 0 Å². The molecule has 0 aliphatic rings. The van der Waals surface area contributed by atoms with Crippen LogP contribution in [-0.4, -0.2) is 17.1 Å². The fourth-order valence-electron chi connectivity index (χ4n) is 1.85. The van der Waals surface area contributed by atoms with Gasteiger partial charge in [-0.1, -0.05) is 12.1 Å². The first-order chi connectivity index (χ1) is 10.0. The van der Waals surface area contributed by atoms with E-state index in [2.05, 4.69) is 22.4 Å². The molecule has 3 N–H and O–H groups in total. The number of nitrogens with two attached hydrogens (primary N) is 1. The Balaban J connectivity index is 2.03. The molecule has 2 aromatic rings. The zero-order valence-electron chi connectivity index (χ0n) is 12.3. The van der Waals surface area contributed by atoms with Crippen molar-refractivity contribution in [3.05, 3.63) is 45.9 Å². The van der Waals surface area contributed by atoms with Gasteiger partial charge in [-0.05, 0) is 37.8 Å². The molecule has 0 aliphatic carbocycles. The van der Waals surface area contributed by atoms with Gasteiger partial charge in [-0.2, -0.15) is 0 Å². The van der Waals surface area contributed by atoms with Gasteiger partial charge in [0.1, 0.15) is 10.7 Å². The van der Waals surface area contributed by atoms with Gasteiger partial charge in [-0.25, -0.2) is 4.98 Å². The van der Waals surface area contributed by atoms with Gasteiger partial charge in [0.15, 0.2) is 0 Å². The summed E-state index contributed by atoms with van der Waals surface area (Å²) in [6.07, 6.45) is 2.04. The summed E-state index contributed by atoms with van der Waals surface area (Å²) in [5.74, 6) is -0.167. The van der Waals surface area contributed by atoms with Crippen molar-refractivity contribution in [3.8, 4) is 0 Å². The molecule has 0 radical (unpaired) electrons. The molecule has 0 bridgehead atoms. The van der Waals surface area contributed by atoms with Crippen molar-refractivity contribution < 1.29 is 4.79 Å². The van der Waals surface area contributed by atoms with E-state index in [0.717, 1.165) is 10.6 Å². The third kappa shape index (κ3) is 4.06. The van der Waals surface area contributed by atoms with Gasteiger partial charge in [0, 0.05) is 10.3 Å². The van der Waals surface area contributed by atoms with Gasteiger partial charge in [0.05, 0.1) is 12.1 Å². The molecule has 0 saturated heterocycles. The molecule has 21 heavy (non-hydrogen) atoms. The highest BCUT2D eigenvalue weighted by Crippen LogP contribution is 2.20. The van der Waals surface area contributed by atoms with Crippen LogP contribution in [0, 0.1) is 0 Å². The number of aromatic nitrogens is 1. The van der Waals surface area contributed by atoms with Crippen LogP contribution in [0.15, 0.2) is 34.5 Å². The smallest absolute Gasteiger partial charge is 0.271 e. The minimum atomic E-state index is -0.167. The zero-order valence-corrected chi connectivity index (χ0v) is 13.9. The minimum Gasteiger partial charge on any atom is -0.344 e. The molecule has 0 spiro atoms. The Hall–Kier alpha value is -1.37. The molecule has 4 nitrogen and oxygen atoms in total. The summed E-state index contributed by atoms with van der Waals surface area (Å²) < 4.78 is 0. The maximum atomic E-state index is 12.2. The lowest BCUT2D eigenvalue weighted by Gasteiger charge is -2.13. The summed E-state index contributed by atoms with van der Waals surface area (Å²) in [5.41, 5.74) is 7.26. The number of carbonyl (C=O) groups excluding carboxylic acids is 1. The molecule has 2 unspecified atom stereocenters. The third-order valence-corrected chi connectivity index (χ3v) is 4.90. The molecule has 0 fully saturated rings. The number of nitrogens with zero attached hydrogens (tertiary/aromatic N) is 1. The number of hydrogen-bond donors (Lipinski definition) is 2. The van der Waals surface area contributed by atoms with Gasteiger partial charge in [-0.3, -0.25) is 4.79 Å². The maximum Gasteiger partial charge on any atom is 0.271 e. The number of nitrogens with one attached hydrogen (secondary N) is 1. The number of amides is 1. The van der Waals surface area contributed by atoms with Crippen molar-refractivity contribution >= 4 is 29.0 Å². The maximum absolute atomic E-state index is 12.2. The van der Waals surface area contributed by atoms with Gasteiger partial charge >= 0.3 is 0 Å². The van der Waals surface area contributed by atoms with Gasteiger partial charge in [0.2, 0.25) is 0 Å². The number of carbonyl (C=O) groups is 1. The summed E-state index contributed by atoms with van der Waals surface area (Å²) in [4.78, 5) is 17.6. The molecule has 0 saturated carbocycles. The van der Waals surface area contributed by atoms with E-state index in [0.29, 0.717) is 5.69 Å². The van der Waals surface area contributed by atoms with Crippen LogP contribution >= 0.6 is 23.1 Å². The number of rotatable bonds is 5. The van der Waals surface area contributed by atoms with Crippen molar-refractivity contribution in [3.63, 3.8) is 0 Å². The first-order valence-corrected chi connectivity index (χ1v) is 8.77. The van der Waals surface area contributed by atoms with Crippen molar-refractivity contribution in [2.24, 2.45) is 5.73 Å². The van der Waals surface area contributed by atoms with E-state index in [1.165, 1.54) is 16.2 Å². The highest BCUT2D eigenvalue weighted by Gasteiger charge is 2.15. The molecule has 2 rings (SSSR count). The lowest BCUT2D eigenvalue weighted by atomic mass is 10.1. The van der Waals surface area contributed by atoms with E-state index < -0.39 is 0 Å². The molecular formula is C15H19N3OS2. The van der Waals surface area contributed by atoms with Crippen LogP contribution < -0.4 is 11.1 Å². The highest BCUT2D eigenvalue weighted by molar-refractivity contribution is 7.98. The normalized spacial score (nSPS) is 13.7. The average molecular weight is 321 g/mol. The Bertz CT molecular complexity index is 608. The second-order valence-corrected chi connectivity index (χ2v) is 6.60. The third-order valence-electron chi connectivity index (χ3n) is 3.11. The summed E-state index contributed by atoms with van der Waals surface area (Å²) in [5, 5.41) is 5.48. The second-order valence-electron chi connectivity index (χ2n) is 4.83. The summed E-state index contributed by atoms with van der Waals surface area (Å²) in [7, 11) is 0. The predicted octanol–water partition coefficient (Wildman–Crippen LogP) is 3.38. The van der Waals surface area contributed by atoms with Crippen LogP contribution in [0.1, 0.15) is 47.0 Å². The Kier molecular flexibility index (Phi) is 5.39. The van der Waals surface area contributed by atoms with Gasteiger partial charge in [0.25, 0.3) is 5.91 Å². The average Bonchev–Trinajstić information content (AvgIpc) is 2.97. The van der Waals surface area contributed by atoms with Crippen LogP contribution in [0.5, 0.6) is 0 Å². The number of benzene rings is 1. The molecule has 2 atom stereocenters. The number of thioether (sulfide) groups is 1. The van der Waals surface area contributed by atoms with Crippen LogP contribution in [0.2, 0.25) is 0 Å². The minimum absolute atomic E-state index is 0.0612. The fourth-order valence-corrected chi connectivity index (χ4v) is 3.01. The van der Waals surface area contributed by atoms with Crippen LogP contribution in [-0.2, 0) is 0 Å². The molecule has 112 valence electrons. The van der Waals surface area contributed by atoms with Crippen molar-refractivity contribution in [1.29, 1.82) is 0 Å². The van der Waals surface area contributed by atoms with Crippen LogP contribution in [0.25, 0.3) is 0 Å². The molecule has 1 amide bonds. The Morgan fingerprint density at radius 2 is 2.00 bits per heavy atom. The first kappa shape index (κ1) is 16.0. The number of hydrogen-bond acceptors (Lipinski definition) is 5. The Labute approximate surface area is 133 Å². The molecule has 1 aromatic heterocycles.